The first-order valence-corrected chi connectivity index (χ1v) is 7.80. The Morgan fingerprint density at radius 1 is 1.25 bits per heavy atom. The zero-order valence-electron chi connectivity index (χ0n) is 11.4. The Hall–Kier alpha value is -1.87. The van der Waals surface area contributed by atoms with E-state index in [0.29, 0.717) is 5.92 Å². The van der Waals surface area contributed by atoms with Crippen LogP contribution in [0.15, 0.2) is 42.5 Å². The van der Waals surface area contributed by atoms with Crippen molar-refractivity contribution in [2.24, 2.45) is 0 Å². The van der Waals surface area contributed by atoms with E-state index in [1.165, 1.54) is 26.5 Å². The molecule has 1 unspecified atom stereocenters. The maximum Gasteiger partial charge on any atom is 0.0945 e. The van der Waals surface area contributed by atoms with Crippen LogP contribution in [0.3, 0.4) is 0 Å². The molecule has 0 bridgehead atoms. The second-order valence-electron chi connectivity index (χ2n) is 5.45. The van der Waals surface area contributed by atoms with Gasteiger partial charge in [0.1, 0.15) is 0 Å². The minimum atomic E-state index is 0.549. The maximum absolute atomic E-state index is 4.80. The standard InChI is InChI=1S/C17H16N2S/c1-11-6-7-16-15(8-11)19-17(20-16)9-12-10-18-14-5-3-2-4-13(12)14/h2-8,12,18H,9-10H2,1H3. The van der Waals surface area contributed by atoms with Crippen molar-refractivity contribution in [2.75, 3.05) is 11.9 Å². The van der Waals surface area contributed by atoms with E-state index < -0.39 is 0 Å². The topological polar surface area (TPSA) is 24.9 Å². The van der Waals surface area contributed by atoms with Gasteiger partial charge >= 0.3 is 0 Å². The Morgan fingerprint density at radius 3 is 3.10 bits per heavy atom. The van der Waals surface area contributed by atoms with Crippen molar-refractivity contribution in [1.82, 2.24) is 4.98 Å². The first-order valence-electron chi connectivity index (χ1n) is 6.98. The molecule has 4 rings (SSSR count). The van der Waals surface area contributed by atoms with Crippen molar-refractivity contribution in [2.45, 2.75) is 19.3 Å². The molecular weight excluding hydrogens is 264 g/mol. The average molecular weight is 280 g/mol. The smallest absolute Gasteiger partial charge is 0.0945 e. The van der Waals surface area contributed by atoms with E-state index in [2.05, 4.69) is 54.7 Å². The second-order valence-corrected chi connectivity index (χ2v) is 6.56. The number of nitrogens with zero attached hydrogens (tertiary/aromatic N) is 1. The van der Waals surface area contributed by atoms with Crippen LogP contribution in [0.1, 0.15) is 22.1 Å². The van der Waals surface area contributed by atoms with E-state index in [1.54, 1.807) is 0 Å². The number of anilines is 1. The van der Waals surface area contributed by atoms with Crippen LogP contribution in [0, 0.1) is 6.92 Å². The van der Waals surface area contributed by atoms with E-state index >= 15 is 0 Å². The lowest BCUT2D eigenvalue weighted by Crippen LogP contribution is -2.05. The number of aryl methyl sites for hydroxylation is 1. The Kier molecular flexibility index (Phi) is 2.74. The zero-order valence-corrected chi connectivity index (χ0v) is 12.2. The largest absolute Gasteiger partial charge is 0.384 e. The fourth-order valence-corrected chi connectivity index (χ4v) is 3.95. The van der Waals surface area contributed by atoms with Gasteiger partial charge in [0.05, 0.1) is 15.2 Å². The molecule has 100 valence electrons. The van der Waals surface area contributed by atoms with E-state index in [4.69, 9.17) is 4.98 Å². The van der Waals surface area contributed by atoms with Crippen molar-refractivity contribution in [3.05, 3.63) is 58.6 Å². The third-order valence-electron chi connectivity index (χ3n) is 3.95. The van der Waals surface area contributed by atoms with Gasteiger partial charge in [-0.3, -0.25) is 0 Å². The van der Waals surface area contributed by atoms with Crippen LogP contribution < -0.4 is 5.32 Å². The molecule has 0 amide bonds. The molecule has 0 radical (unpaired) electrons. The lowest BCUT2D eigenvalue weighted by atomic mass is 9.98. The van der Waals surface area contributed by atoms with Gasteiger partial charge in [-0.2, -0.15) is 0 Å². The van der Waals surface area contributed by atoms with Crippen molar-refractivity contribution in [3.8, 4) is 0 Å². The number of thiazole rings is 1. The molecule has 1 atom stereocenters. The second kappa shape index (κ2) is 4.60. The summed E-state index contributed by atoms with van der Waals surface area (Å²) in [6, 6.07) is 15.1. The summed E-state index contributed by atoms with van der Waals surface area (Å²) >= 11 is 1.83. The summed E-state index contributed by atoms with van der Waals surface area (Å²) in [7, 11) is 0. The summed E-state index contributed by atoms with van der Waals surface area (Å²) < 4.78 is 1.30. The number of aromatic nitrogens is 1. The van der Waals surface area contributed by atoms with Crippen LogP contribution in [0.4, 0.5) is 5.69 Å². The number of hydrogen-bond acceptors (Lipinski definition) is 3. The predicted octanol–water partition coefficient (Wildman–Crippen LogP) is 4.36. The highest BCUT2D eigenvalue weighted by atomic mass is 32.1. The SMILES string of the molecule is Cc1ccc2sc(CC3CNc4ccccc43)nc2c1. The molecule has 1 aromatic heterocycles. The number of benzene rings is 2. The van der Waals surface area contributed by atoms with Gasteiger partial charge in [-0.05, 0) is 36.2 Å². The number of hydrogen-bond donors (Lipinski definition) is 1. The lowest BCUT2D eigenvalue weighted by Gasteiger charge is -2.07. The van der Waals surface area contributed by atoms with Gasteiger partial charge in [0.15, 0.2) is 0 Å². The van der Waals surface area contributed by atoms with E-state index in [0.717, 1.165) is 18.5 Å². The van der Waals surface area contributed by atoms with Gasteiger partial charge in [0.25, 0.3) is 0 Å². The van der Waals surface area contributed by atoms with Gasteiger partial charge in [-0.15, -0.1) is 11.3 Å². The molecule has 0 saturated carbocycles. The quantitative estimate of drug-likeness (QED) is 0.754. The molecule has 3 aromatic rings. The van der Waals surface area contributed by atoms with Crippen molar-refractivity contribution in [3.63, 3.8) is 0 Å². The molecule has 0 fully saturated rings. The maximum atomic E-state index is 4.80. The Balaban J connectivity index is 1.65. The highest BCUT2D eigenvalue weighted by molar-refractivity contribution is 7.18. The van der Waals surface area contributed by atoms with E-state index in [1.807, 2.05) is 11.3 Å². The fourth-order valence-electron chi connectivity index (χ4n) is 2.92. The Morgan fingerprint density at radius 2 is 2.15 bits per heavy atom. The van der Waals surface area contributed by atoms with Crippen LogP contribution in [0.2, 0.25) is 0 Å². The molecule has 2 nitrogen and oxygen atoms in total. The molecule has 2 aromatic carbocycles. The first-order chi connectivity index (χ1) is 9.79. The van der Waals surface area contributed by atoms with Gasteiger partial charge < -0.3 is 5.32 Å². The molecule has 3 heteroatoms. The molecule has 1 aliphatic heterocycles. The summed E-state index contributed by atoms with van der Waals surface area (Å²) in [6.07, 6.45) is 1.03. The minimum Gasteiger partial charge on any atom is -0.384 e. The summed E-state index contributed by atoms with van der Waals surface area (Å²) in [4.78, 5) is 4.80. The van der Waals surface area contributed by atoms with Gasteiger partial charge in [-0.25, -0.2) is 4.98 Å². The molecule has 0 spiro atoms. The van der Waals surface area contributed by atoms with Gasteiger partial charge in [-0.1, -0.05) is 24.3 Å². The van der Waals surface area contributed by atoms with Gasteiger partial charge in [0, 0.05) is 24.6 Å². The normalized spacial score (nSPS) is 17.1. The molecule has 0 saturated heterocycles. The minimum absolute atomic E-state index is 0.549. The Bertz CT molecular complexity index is 776. The molecule has 1 N–H and O–H groups in total. The Labute approximate surface area is 122 Å². The highest BCUT2D eigenvalue weighted by Gasteiger charge is 2.22. The summed E-state index contributed by atoms with van der Waals surface area (Å²) in [6.45, 7) is 3.14. The zero-order chi connectivity index (χ0) is 13.5. The average Bonchev–Trinajstić information content (AvgIpc) is 3.03. The van der Waals surface area contributed by atoms with Crippen LogP contribution in [0.25, 0.3) is 10.2 Å². The summed E-state index contributed by atoms with van der Waals surface area (Å²) in [5.74, 6) is 0.549. The lowest BCUT2D eigenvalue weighted by molar-refractivity contribution is 0.749. The predicted molar refractivity (Wildman–Crippen MR) is 85.7 cm³/mol. The third kappa shape index (κ3) is 1.98. The van der Waals surface area contributed by atoms with E-state index in [-0.39, 0.29) is 0 Å². The van der Waals surface area contributed by atoms with Gasteiger partial charge in [0.2, 0.25) is 0 Å². The number of fused-ring (bicyclic) bond motifs is 2. The monoisotopic (exact) mass is 280 g/mol. The van der Waals surface area contributed by atoms with Crippen LogP contribution in [-0.2, 0) is 6.42 Å². The summed E-state index contributed by atoms with van der Waals surface area (Å²) in [5.41, 5.74) is 5.14. The van der Waals surface area contributed by atoms with Crippen molar-refractivity contribution in [1.29, 1.82) is 0 Å². The number of rotatable bonds is 2. The third-order valence-corrected chi connectivity index (χ3v) is 5.01. The molecule has 0 aliphatic carbocycles. The molecule has 1 aliphatic rings. The number of nitrogens with one attached hydrogen (secondary N) is 1. The van der Waals surface area contributed by atoms with Crippen LogP contribution in [0.5, 0.6) is 0 Å². The molecular formula is C17H16N2S. The van der Waals surface area contributed by atoms with E-state index in [9.17, 15) is 0 Å². The number of para-hydroxylation sites is 1. The first kappa shape index (κ1) is 11.9. The van der Waals surface area contributed by atoms with Crippen LogP contribution >= 0.6 is 11.3 Å². The molecule has 20 heavy (non-hydrogen) atoms. The summed E-state index contributed by atoms with van der Waals surface area (Å²) in [5, 5.41) is 4.73. The highest BCUT2D eigenvalue weighted by Crippen LogP contribution is 2.35. The van der Waals surface area contributed by atoms with Crippen LogP contribution in [-0.4, -0.2) is 11.5 Å². The van der Waals surface area contributed by atoms with Crippen molar-refractivity contribution >= 4 is 27.2 Å². The van der Waals surface area contributed by atoms with Crippen molar-refractivity contribution < 1.29 is 0 Å². The fraction of sp³-hybridized carbons (Fsp3) is 0.235. The molecule has 2 heterocycles.